The molecular formula is C19H14Cl2FN3O. The topological polar surface area (TPSA) is 54.0 Å². The molecule has 132 valence electrons. The lowest BCUT2D eigenvalue weighted by atomic mass is 10.2. The molecule has 1 aromatic heterocycles. The molecule has 0 spiro atoms. The van der Waals surface area contributed by atoms with Gasteiger partial charge in [-0.2, -0.15) is 0 Å². The fourth-order valence-electron chi connectivity index (χ4n) is 2.33. The van der Waals surface area contributed by atoms with Gasteiger partial charge < -0.3 is 10.6 Å². The van der Waals surface area contributed by atoms with E-state index in [2.05, 4.69) is 15.6 Å². The van der Waals surface area contributed by atoms with Gasteiger partial charge in [-0.05, 0) is 30.3 Å². The van der Waals surface area contributed by atoms with Crippen LogP contribution in [0.25, 0.3) is 0 Å². The van der Waals surface area contributed by atoms with Gasteiger partial charge in [-0.15, -0.1) is 0 Å². The Balaban J connectivity index is 1.70. The Morgan fingerprint density at radius 3 is 2.46 bits per heavy atom. The van der Waals surface area contributed by atoms with Gasteiger partial charge in [0.1, 0.15) is 5.82 Å². The van der Waals surface area contributed by atoms with Crippen LogP contribution in [0.5, 0.6) is 0 Å². The van der Waals surface area contributed by atoms with E-state index < -0.39 is 0 Å². The van der Waals surface area contributed by atoms with Gasteiger partial charge in [0.15, 0.2) is 0 Å². The minimum absolute atomic E-state index is 0.281. The van der Waals surface area contributed by atoms with Crippen LogP contribution >= 0.6 is 23.2 Å². The fourth-order valence-corrected chi connectivity index (χ4v) is 2.86. The van der Waals surface area contributed by atoms with Crippen molar-refractivity contribution in [2.45, 2.75) is 6.54 Å². The van der Waals surface area contributed by atoms with Crippen LogP contribution in [-0.4, -0.2) is 10.9 Å². The predicted octanol–water partition coefficient (Wildman–Crippen LogP) is 5.39. The van der Waals surface area contributed by atoms with E-state index in [1.54, 1.807) is 48.7 Å². The summed E-state index contributed by atoms with van der Waals surface area (Å²) in [5.41, 5.74) is 1.96. The van der Waals surface area contributed by atoms with Gasteiger partial charge in [-0.3, -0.25) is 9.78 Å². The van der Waals surface area contributed by atoms with E-state index in [-0.39, 0.29) is 18.3 Å². The van der Waals surface area contributed by atoms with Crippen molar-refractivity contribution >= 4 is 40.5 Å². The number of benzene rings is 2. The zero-order valence-corrected chi connectivity index (χ0v) is 15.0. The van der Waals surface area contributed by atoms with Gasteiger partial charge >= 0.3 is 0 Å². The smallest absolute Gasteiger partial charge is 0.257 e. The van der Waals surface area contributed by atoms with E-state index in [1.807, 2.05) is 0 Å². The number of hydrogen-bond donors (Lipinski definition) is 2. The van der Waals surface area contributed by atoms with Crippen LogP contribution in [0.2, 0.25) is 10.0 Å². The van der Waals surface area contributed by atoms with E-state index in [0.29, 0.717) is 32.5 Å². The van der Waals surface area contributed by atoms with Crippen molar-refractivity contribution in [3.63, 3.8) is 0 Å². The second-order valence-electron chi connectivity index (χ2n) is 5.52. The monoisotopic (exact) mass is 389 g/mol. The fraction of sp³-hybridized carbons (Fsp3) is 0.0526. The number of carbonyl (C=O) groups excluding carboxylic acids is 1. The number of aromatic nitrogens is 1. The molecule has 0 unspecified atom stereocenters. The molecule has 2 N–H and O–H groups in total. The Kier molecular flexibility index (Phi) is 5.71. The van der Waals surface area contributed by atoms with Crippen molar-refractivity contribution in [1.29, 1.82) is 0 Å². The Hall–Kier alpha value is -2.63. The molecule has 26 heavy (non-hydrogen) atoms. The molecule has 0 aliphatic carbocycles. The molecule has 3 aromatic rings. The Bertz CT molecular complexity index is 929. The molecule has 0 atom stereocenters. The quantitative estimate of drug-likeness (QED) is 0.614. The maximum atomic E-state index is 13.7. The van der Waals surface area contributed by atoms with Crippen LogP contribution in [0, 0.1) is 5.82 Å². The first-order valence-corrected chi connectivity index (χ1v) is 8.46. The number of halogens is 3. The van der Waals surface area contributed by atoms with Crippen molar-refractivity contribution in [2.75, 3.05) is 10.6 Å². The highest BCUT2D eigenvalue weighted by Crippen LogP contribution is 2.23. The summed E-state index contributed by atoms with van der Waals surface area (Å²) in [6.45, 7) is 0.281. The summed E-state index contributed by atoms with van der Waals surface area (Å²) in [5, 5.41) is 6.61. The second kappa shape index (κ2) is 8.17. The van der Waals surface area contributed by atoms with E-state index in [1.165, 1.54) is 12.3 Å². The molecule has 4 nitrogen and oxygen atoms in total. The molecule has 3 rings (SSSR count). The highest BCUT2D eigenvalue weighted by atomic mass is 35.5. The Labute approximate surface area is 160 Å². The average molecular weight is 390 g/mol. The summed E-state index contributed by atoms with van der Waals surface area (Å²) in [6.07, 6.45) is 3.00. The van der Waals surface area contributed by atoms with Crippen molar-refractivity contribution in [2.24, 2.45) is 0 Å². The largest absolute Gasteiger partial charge is 0.380 e. The predicted molar refractivity (Wildman–Crippen MR) is 102 cm³/mol. The van der Waals surface area contributed by atoms with Crippen molar-refractivity contribution in [1.82, 2.24) is 4.98 Å². The van der Waals surface area contributed by atoms with Gasteiger partial charge in [-0.25, -0.2) is 4.39 Å². The van der Waals surface area contributed by atoms with Crippen molar-refractivity contribution in [3.05, 3.63) is 87.9 Å². The molecule has 1 heterocycles. The maximum Gasteiger partial charge on any atom is 0.257 e. The SMILES string of the molecule is O=C(Nc1cc(Cl)cc(Cl)c1)c1cncc(NCc2ccccc2F)c1. The number of carbonyl (C=O) groups is 1. The first-order valence-electron chi connectivity index (χ1n) is 7.71. The minimum Gasteiger partial charge on any atom is -0.380 e. The third-order valence-electron chi connectivity index (χ3n) is 3.56. The summed E-state index contributed by atoms with van der Waals surface area (Å²) >= 11 is 11.9. The molecule has 0 saturated heterocycles. The van der Waals surface area contributed by atoms with E-state index in [9.17, 15) is 9.18 Å². The molecule has 0 aliphatic rings. The van der Waals surface area contributed by atoms with E-state index >= 15 is 0 Å². The number of pyridine rings is 1. The Morgan fingerprint density at radius 2 is 1.73 bits per heavy atom. The van der Waals surface area contributed by atoms with E-state index in [4.69, 9.17) is 23.2 Å². The maximum absolute atomic E-state index is 13.7. The third-order valence-corrected chi connectivity index (χ3v) is 4.00. The zero-order valence-electron chi connectivity index (χ0n) is 13.5. The summed E-state index contributed by atoms with van der Waals surface area (Å²) in [5.74, 6) is -0.648. The highest BCUT2D eigenvalue weighted by Gasteiger charge is 2.09. The molecule has 0 radical (unpaired) electrons. The lowest BCUT2D eigenvalue weighted by Crippen LogP contribution is -2.13. The summed E-state index contributed by atoms with van der Waals surface area (Å²) < 4.78 is 13.7. The third kappa shape index (κ3) is 4.71. The molecule has 1 amide bonds. The first kappa shape index (κ1) is 18.2. The average Bonchev–Trinajstić information content (AvgIpc) is 2.60. The van der Waals surface area contributed by atoms with Crippen LogP contribution in [0.1, 0.15) is 15.9 Å². The normalized spacial score (nSPS) is 10.4. The number of hydrogen-bond acceptors (Lipinski definition) is 3. The number of anilines is 2. The van der Waals surface area contributed by atoms with Crippen molar-refractivity contribution < 1.29 is 9.18 Å². The van der Waals surface area contributed by atoms with Gasteiger partial charge in [0, 0.05) is 40.2 Å². The van der Waals surface area contributed by atoms with Gasteiger partial charge in [0.2, 0.25) is 0 Å². The highest BCUT2D eigenvalue weighted by molar-refractivity contribution is 6.35. The van der Waals surface area contributed by atoms with E-state index in [0.717, 1.165) is 0 Å². The van der Waals surface area contributed by atoms with Crippen LogP contribution in [0.4, 0.5) is 15.8 Å². The van der Waals surface area contributed by atoms with Crippen LogP contribution in [0.3, 0.4) is 0 Å². The second-order valence-corrected chi connectivity index (χ2v) is 6.39. The molecule has 0 bridgehead atoms. The minimum atomic E-state index is -0.356. The molecular weight excluding hydrogens is 376 g/mol. The molecule has 0 saturated carbocycles. The number of nitrogens with zero attached hydrogens (tertiary/aromatic N) is 1. The Morgan fingerprint density at radius 1 is 1.00 bits per heavy atom. The van der Waals surface area contributed by atoms with Crippen LogP contribution in [-0.2, 0) is 6.54 Å². The van der Waals surface area contributed by atoms with Crippen LogP contribution in [0.15, 0.2) is 60.9 Å². The summed E-state index contributed by atoms with van der Waals surface area (Å²) in [7, 11) is 0. The summed E-state index contributed by atoms with van der Waals surface area (Å²) in [6, 6.07) is 12.9. The van der Waals surface area contributed by atoms with Gasteiger partial charge in [0.05, 0.1) is 11.3 Å². The molecule has 2 aromatic carbocycles. The number of amides is 1. The molecule has 0 fully saturated rings. The number of rotatable bonds is 5. The summed E-state index contributed by atoms with van der Waals surface area (Å²) in [4.78, 5) is 16.4. The van der Waals surface area contributed by atoms with Gasteiger partial charge in [0.25, 0.3) is 5.91 Å². The standard InChI is InChI=1S/C19H14Cl2FN3O/c20-14-6-15(21)8-16(7-14)25-19(26)13-5-17(11-23-9-13)24-10-12-3-1-2-4-18(12)22/h1-9,11,24H,10H2,(H,25,26). The molecule has 7 heteroatoms. The van der Waals surface area contributed by atoms with Crippen LogP contribution < -0.4 is 10.6 Å². The first-order chi connectivity index (χ1) is 12.5. The zero-order chi connectivity index (χ0) is 18.5. The van der Waals surface area contributed by atoms with Crippen molar-refractivity contribution in [3.8, 4) is 0 Å². The lowest BCUT2D eigenvalue weighted by Gasteiger charge is -2.10. The number of nitrogens with one attached hydrogen (secondary N) is 2. The van der Waals surface area contributed by atoms with Gasteiger partial charge in [-0.1, -0.05) is 41.4 Å². The molecule has 0 aliphatic heterocycles. The lowest BCUT2D eigenvalue weighted by molar-refractivity contribution is 0.102.